The lowest BCUT2D eigenvalue weighted by molar-refractivity contribution is -0.138. The van der Waals surface area contributed by atoms with Crippen molar-refractivity contribution >= 4 is 22.9 Å². The van der Waals surface area contributed by atoms with E-state index in [1.807, 2.05) is 18.2 Å². The predicted octanol–water partition coefficient (Wildman–Crippen LogP) is 4.93. The summed E-state index contributed by atoms with van der Waals surface area (Å²) in [6.07, 6.45) is -2.81. The summed E-state index contributed by atoms with van der Waals surface area (Å²) in [5, 5.41) is 18.6. The van der Waals surface area contributed by atoms with Crippen LogP contribution in [0.15, 0.2) is 41.9 Å². The van der Waals surface area contributed by atoms with Crippen molar-refractivity contribution in [3.63, 3.8) is 0 Å². The van der Waals surface area contributed by atoms with E-state index in [0.717, 1.165) is 29.5 Å². The molecule has 1 fully saturated rings. The number of benzene rings is 2. The number of fused-ring (bicyclic) bond motifs is 1. The third-order valence-corrected chi connectivity index (χ3v) is 7.36. The Balaban J connectivity index is 1.55. The number of amides is 1. The average molecular weight is 459 g/mol. The van der Waals surface area contributed by atoms with Crippen molar-refractivity contribution < 1.29 is 23.1 Å². The Morgan fingerprint density at radius 2 is 2.03 bits per heavy atom. The highest BCUT2D eigenvalue weighted by atomic mass is 32.1. The van der Waals surface area contributed by atoms with Gasteiger partial charge in [-0.15, -0.1) is 21.5 Å². The van der Waals surface area contributed by atoms with Crippen LogP contribution in [-0.4, -0.2) is 21.2 Å². The van der Waals surface area contributed by atoms with Crippen LogP contribution in [0.1, 0.15) is 57.4 Å². The van der Waals surface area contributed by atoms with E-state index in [1.54, 1.807) is 11.6 Å². The largest absolute Gasteiger partial charge is 0.416 e. The number of carbonyl (C=O) groups is 1. The number of halogens is 3. The molecule has 2 aromatic carbocycles. The number of aromatic nitrogens is 2. The van der Waals surface area contributed by atoms with Gasteiger partial charge in [0.2, 0.25) is 0 Å². The second kappa shape index (κ2) is 7.38. The summed E-state index contributed by atoms with van der Waals surface area (Å²) >= 11 is 1.49. The minimum Gasteiger partial charge on any atom is -0.392 e. The van der Waals surface area contributed by atoms with Crippen LogP contribution in [0.25, 0.3) is 0 Å². The number of alkyl halides is 3. The maximum Gasteiger partial charge on any atom is 0.416 e. The molecule has 1 aromatic heterocycles. The molecule has 2 aliphatic rings. The van der Waals surface area contributed by atoms with Crippen molar-refractivity contribution in [3.8, 4) is 0 Å². The van der Waals surface area contributed by atoms with E-state index >= 15 is 0 Å². The monoisotopic (exact) mass is 459 g/mol. The Morgan fingerprint density at radius 3 is 2.66 bits per heavy atom. The second-order valence-electron chi connectivity index (χ2n) is 8.61. The first-order valence-electron chi connectivity index (χ1n) is 10.3. The smallest absolute Gasteiger partial charge is 0.392 e. The van der Waals surface area contributed by atoms with E-state index in [1.165, 1.54) is 22.3 Å². The summed E-state index contributed by atoms with van der Waals surface area (Å²) in [5.74, 6) is 0.0244. The standard InChI is InChI=1S/C23H20F3N3O2S/c1-13-8-22(9-13,21-28-27-12-32-21)15-3-2-4-16(7-15)29-10-18-17(20(29)31)5-14(11-30)6-19(18)23(24,25)26/h2-7,12-13,30H,8-11H2,1H3. The quantitative estimate of drug-likeness (QED) is 0.601. The number of rotatable bonds is 4. The van der Waals surface area contributed by atoms with Crippen molar-refractivity contribution in [2.45, 2.75) is 44.5 Å². The Kier molecular flexibility index (Phi) is 4.86. The molecule has 0 unspecified atom stereocenters. The summed E-state index contributed by atoms with van der Waals surface area (Å²) in [5.41, 5.74) is 2.08. The molecule has 1 aliphatic carbocycles. The zero-order chi connectivity index (χ0) is 22.7. The van der Waals surface area contributed by atoms with Gasteiger partial charge in [0.15, 0.2) is 0 Å². The minimum atomic E-state index is -4.61. The molecule has 9 heteroatoms. The number of carbonyl (C=O) groups excluding carboxylic acids is 1. The molecule has 32 heavy (non-hydrogen) atoms. The first kappa shape index (κ1) is 21.1. The summed E-state index contributed by atoms with van der Waals surface area (Å²) < 4.78 is 41.0. The van der Waals surface area contributed by atoms with Gasteiger partial charge in [-0.05, 0) is 59.7 Å². The second-order valence-corrected chi connectivity index (χ2v) is 9.44. The van der Waals surface area contributed by atoms with E-state index in [9.17, 15) is 23.1 Å². The van der Waals surface area contributed by atoms with Gasteiger partial charge in [-0.25, -0.2) is 0 Å². The molecule has 1 amide bonds. The Hall–Kier alpha value is -2.78. The minimum absolute atomic E-state index is 0.00891. The fourth-order valence-corrected chi connectivity index (χ4v) is 5.84. The van der Waals surface area contributed by atoms with Gasteiger partial charge in [0.25, 0.3) is 5.91 Å². The van der Waals surface area contributed by atoms with Crippen molar-refractivity contribution in [3.05, 3.63) is 74.7 Å². The fourth-order valence-electron chi connectivity index (χ4n) is 5.04. The van der Waals surface area contributed by atoms with E-state index in [-0.39, 0.29) is 28.7 Å². The van der Waals surface area contributed by atoms with Crippen molar-refractivity contribution in [1.29, 1.82) is 0 Å². The lowest BCUT2D eigenvalue weighted by Crippen LogP contribution is -2.41. The van der Waals surface area contributed by atoms with Crippen LogP contribution in [0.5, 0.6) is 0 Å². The molecular weight excluding hydrogens is 439 g/mol. The molecule has 2 heterocycles. The summed E-state index contributed by atoms with van der Waals surface area (Å²) in [4.78, 5) is 14.5. The molecule has 1 saturated carbocycles. The molecule has 5 nitrogen and oxygen atoms in total. The van der Waals surface area contributed by atoms with Gasteiger partial charge in [-0.2, -0.15) is 13.2 Å². The van der Waals surface area contributed by atoms with Crippen LogP contribution < -0.4 is 4.90 Å². The molecule has 1 N–H and O–H groups in total. The average Bonchev–Trinajstić information content (AvgIpc) is 3.39. The third-order valence-electron chi connectivity index (χ3n) is 6.46. The van der Waals surface area contributed by atoms with Crippen LogP contribution >= 0.6 is 11.3 Å². The highest BCUT2D eigenvalue weighted by Gasteiger charge is 2.48. The van der Waals surface area contributed by atoms with Gasteiger partial charge in [-0.1, -0.05) is 19.1 Å². The van der Waals surface area contributed by atoms with Gasteiger partial charge in [0.05, 0.1) is 18.7 Å². The first-order valence-corrected chi connectivity index (χ1v) is 11.1. The Bertz CT molecular complexity index is 1190. The van der Waals surface area contributed by atoms with Crippen molar-refractivity contribution in [2.24, 2.45) is 5.92 Å². The van der Waals surface area contributed by atoms with Crippen LogP contribution in [-0.2, 0) is 24.7 Å². The molecule has 3 aromatic rings. The highest BCUT2D eigenvalue weighted by molar-refractivity contribution is 7.09. The van der Waals surface area contributed by atoms with Crippen molar-refractivity contribution in [1.82, 2.24) is 10.2 Å². The molecule has 5 rings (SSSR count). The van der Waals surface area contributed by atoms with Gasteiger partial charge >= 0.3 is 6.18 Å². The Labute approximate surface area is 186 Å². The molecule has 0 saturated heterocycles. The number of hydrogen-bond acceptors (Lipinski definition) is 5. The van der Waals surface area contributed by atoms with Crippen molar-refractivity contribution in [2.75, 3.05) is 4.90 Å². The molecule has 1 aliphatic heterocycles. The number of hydrogen-bond donors (Lipinski definition) is 1. The van der Waals surface area contributed by atoms with Crippen LogP contribution in [0.4, 0.5) is 18.9 Å². The molecule has 0 bridgehead atoms. The lowest BCUT2D eigenvalue weighted by atomic mass is 9.59. The molecule has 0 atom stereocenters. The van der Waals surface area contributed by atoms with Crippen LogP contribution in [0, 0.1) is 5.92 Å². The number of anilines is 1. The predicted molar refractivity (Wildman–Crippen MR) is 113 cm³/mol. The zero-order valence-electron chi connectivity index (χ0n) is 17.2. The summed E-state index contributed by atoms with van der Waals surface area (Å²) in [7, 11) is 0. The van der Waals surface area contributed by atoms with Gasteiger partial charge < -0.3 is 10.0 Å². The Morgan fingerprint density at radius 1 is 1.25 bits per heavy atom. The zero-order valence-corrected chi connectivity index (χ0v) is 18.0. The topological polar surface area (TPSA) is 66.3 Å². The number of aliphatic hydroxyl groups excluding tert-OH is 1. The number of nitrogens with zero attached hydrogens (tertiary/aromatic N) is 3. The summed E-state index contributed by atoms with van der Waals surface area (Å²) in [6.45, 7) is 1.43. The van der Waals surface area contributed by atoms with Crippen LogP contribution in [0.3, 0.4) is 0 Å². The normalized spacial score (nSPS) is 22.7. The SMILES string of the molecule is CC1CC(c2cccc(N3Cc4c(cc(CO)cc4C(F)(F)F)C3=O)c2)(c2nncs2)C1. The van der Waals surface area contributed by atoms with E-state index in [4.69, 9.17) is 0 Å². The molecule has 166 valence electrons. The highest BCUT2D eigenvalue weighted by Crippen LogP contribution is 2.53. The maximum absolute atomic E-state index is 13.7. The van der Waals surface area contributed by atoms with Crippen LogP contribution in [0.2, 0.25) is 0 Å². The third kappa shape index (κ3) is 3.22. The molecular formula is C23H20F3N3O2S. The van der Waals surface area contributed by atoms with Gasteiger partial charge in [-0.3, -0.25) is 4.79 Å². The van der Waals surface area contributed by atoms with E-state index in [0.29, 0.717) is 11.6 Å². The first-order chi connectivity index (χ1) is 15.2. The molecule has 0 spiro atoms. The maximum atomic E-state index is 13.7. The lowest BCUT2D eigenvalue weighted by Gasteiger charge is -2.45. The fraction of sp³-hybridized carbons (Fsp3) is 0.348. The van der Waals surface area contributed by atoms with Gasteiger partial charge in [0, 0.05) is 16.7 Å². The van der Waals surface area contributed by atoms with E-state index < -0.39 is 24.3 Å². The van der Waals surface area contributed by atoms with Gasteiger partial charge in [0.1, 0.15) is 10.5 Å². The summed E-state index contributed by atoms with van der Waals surface area (Å²) in [6, 6.07) is 9.71. The molecule has 0 radical (unpaired) electrons. The number of aliphatic hydroxyl groups is 1. The van der Waals surface area contributed by atoms with E-state index in [2.05, 4.69) is 17.1 Å².